The van der Waals surface area contributed by atoms with Crippen LogP contribution in [-0.2, 0) is 20.1 Å². The van der Waals surface area contributed by atoms with Gasteiger partial charge >= 0.3 is 0 Å². The topological polar surface area (TPSA) is 60.6 Å². The number of hydrogen-bond acceptors (Lipinski definition) is 4. The number of fused-ring (bicyclic) bond motifs is 1. The minimum atomic E-state index is 0. The lowest BCUT2D eigenvalue weighted by molar-refractivity contribution is 0.508. The van der Waals surface area contributed by atoms with Crippen molar-refractivity contribution in [3.63, 3.8) is 0 Å². The van der Waals surface area contributed by atoms with Gasteiger partial charge in [0.25, 0.3) is 0 Å². The molecule has 0 spiro atoms. The quantitative estimate of drug-likeness (QED) is 0.855. The van der Waals surface area contributed by atoms with Crippen molar-refractivity contribution >= 4 is 37.2 Å². The van der Waals surface area contributed by atoms with E-state index in [0.29, 0.717) is 0 Å². The van der Waals surface area contributed by atoms with E-state index in [1.807, 2.05) is 19.4 Å². The zero-order valence-corrected chi connectivity index (χ0v) is 12.2. The van der Waals surface area contributed by atoms with E-state index in [1.54, 1.807) is 4.68 Å². The smallest absolute Gasteiger partial charge is 0.167 e. The molecule has 0 bridgehead atoms. The van der Waals surface area contributed by atoms with Crippen molar-refractivity contribution in [2.75, 3.05) is 6.54 Å². The van der Waals surface area contributed by atoms with Gasteiger partial charge in [-0.05, 0) is 0 Å². The first-order valence-corrected chi connectivity index (χ1v) is 4.96. The summed E-state index contributed by atoms with van der Waals surface area (Å²) in [5.41, 5.74) is 1.03. The molecular formula is C9H15Cl3N6. The summed E-state index contributed by atoms with van der Waals surface area (Å²) in [5.74, 6) is 1.92. The number of aryl methyl sites for hydroxylation is 1. The summed E-state index contributed by atoms with van der Waals surface area (Å²) in [6.45, 7) is 2.69. The van der Waals surface area contributed by atoms with Crippen LogP contribution in [0.4, 0.5) is 0 Å². The predicted octanol–water partition coefficient (Wildman–Crippen LogP) is 1.05. The zero-order chi connectivity index (χ0) is 10.3. The monoisotopic (exact) mass is 312 g/mol. The number of halogens is 3. The Hall–Kier alpha value is -0.820. The second-order valence-corrected chi connectivity index (χ2v) is 3.67. The van der Waals surface area contributed by atoms with Gasteiger partial charge in [0, 0.05) is 26.3 Å². The van der Waals surface area contributed by atoms with E-state index in [2.05, 4.69) is 25.2 Å². The fraction of sp³-hybridized carbons (Fsp3) is 0.444. The lowest BCUT2D eigenvalue weighted by Crippen LogP contribution is -2.28. The molecule has 0 atom stereocenters. The third kappa shape index (κ3) is 2.95. The highest BCUT2D eigenvalue weighted by Gasteiger charge is 2.17. The third-order valence-corrected chi connectivity index (χ3v) is 2.59. The van der Waals surface area contributed by atoms with Crippen molar-refractivity contribution in [1.82, 2.24) is 29.9 Å². The number of aromatic nitrogens is 5. The molecule has 2 aromatic heterocycles. The number of nitrogens with zero attached hydrogens (tertiary/aromatic N) is 5. The van der Waals surface area contributed by atoms with E-state index in [9.17, 15) is 0 Å². The first kappa shape index (κ1) is 17.2. The molecule has 0 aromatic carbocycles. The molecule has 0 radical (unpaired) electrons. The average molecular weight is 314 g/mol. The lowest BCUT2D eigenvalue weighted by atomic mass is 10.3. The fourth-order valence-corrected chi connectivity index (χ4v) is 1.84. The maximum atomic E-state index is 4.20. The van der Waals surface area contributed by atoms with Crippen LogP contribution in [0.25, 0.3) is 11.4 Å². The highest BCUT2D eigenvalue weighted by Crippen LogP contribution is 2.18. The van der Waals surface area contributed by atoms with Crippen molar-refractivity contribution < 1.29 is 0 Å². The molecule has 1 aliphatic heterocycles. The molecule has 1 aliphatic rings. The van der Waals surface area contributed by atoms with Crippen molar-refractivity contribution in [2.45, 2.75) is 13.1 Å². The molecule has 2 aromatic rings. The molecule has 0 unspecified atom stereocenters. The molecule has 0 aliphatic carbocycles. The van der Waals surface area contributed by atoms with E-state index in [1.165, 1.54) is 0 Å². The van der Waals surface area contributed by atoms with Gasteiger partial charge in [-0.2, -0.15) is 5.10 Å². The Morgan fingerprint density at radius 3 is 2.67 bits per heavy atom. The van der Waals surface area contributed by atoms with Crippen LogP contribution in [0.5, 0.6) is 0 Å². The van der Waals surface area contributed by atoms with Gasteiger partial charge in [0.15, 0.2) is 5.82 Å². The van der Waals surface area contributed by atoms with E-state index >= 15 is 0 Å². The van der Waals surface area contributed by atoms with Crippen LogP contribution in [0.2, 0.25) is 0 Å². The average Bonchev–Trinajstić information content (AvgIpc) is 2.83. The first-order chi connectivity index (χ1) is 7.34. The van der Waals surface area contributed by atoms with Crippen LogP contribution in [0, 0.1) is 0 Å². The van der Waals surface area contributed by atoms with E-state index in [-0.39, 0.29) is 37.2 Å². The van der Waals surface area contributed by atoms with Gasteiger partial charge in [-0.15, -0.1) is 47.4 Å². The summed E-state index contributed by atoms with van der Waals surface area (Å²) in [6.07, 6.45) is 3.78. The summed E-state index contributed by atoms with van der Waals surface area (Å²) in [4.78, 5) is 0. The highest BCUT2D eigenvalue weighted by molar-refractivity contribution is 5.86. The molecule has 18 heavy (non-hydrogen) atoms. The summed E-state index contributed by atoms with van der Waals surface area (Å²) < 4.78 is 3.92. The summed E-state index contributed by atoms with van der Waals surface area (Å²) >= 11 is 0. The Bertz CT molecular complexity index is 494. The molecule has 3 rings (SSSR count). The molecule has 102 valence electrons. The normalized spacial score (nSPS) is 12.7. The summed E-state index contributed by atoms with van der Waals surface area (Å²) in [5, 5.41) is 15.8. The van der Waals surface area contributed by atoms with E-state index < -0.39 is 0 Å². The van der Waals surface area contributed by atoms with E-state index in [0.717, 1.165) is 36.8 Å². The van der Waals surface area contributed by atoms with Crippen molar-refractivity contribution in [1.29, 1.82) is 0 Å². The minimum Gasteiger partial charge on any atom is -0.309 e. The van der Waals surface area contributed by atoms with Crippen LogP contribution in [-0.4, -0.2) is 31.1 Å². The van der Waals surface area contributed by atoms with Gasteiger partial charge in [-0.1, -0.05) is 0 Å². The molecule has 3 heterocycles. The molecule has 0 saturated heterocycles. The van der Waals surface area contributed by atoms with Gasteiger partial charge in [-0.25, -0.2) is 0 Å². The third-order valence-electron chi connectivity index (χ3n) is 2.59. The van der Waals surface area contributed by atoms with Gasteiger partial charge in [0.05, 0.1) is 18.3 Å². The van der Waals surface area contributed by atoms with Gasteiger partial charge < -0.3 is 9.88 Å². The van der Waals surface area contributed by atoms with Crippen LogP contribution < -0.4 is 5.32 Å². The van der Waals surface area contributed by atoms with Gasteiger partial charge in [0.2, 0.25) is 0 Å². The SMILES string of the molecule is Cl.Cl.Cl.Cn1cc(-c2nnc3n2CCNC3)cn1. The Balaban J connectivity index is 0.000000963. The minimum absolute atomic E-state index is 0. The zero-order valence-electron chi connectivity index (χ0n) is 9.74. The lowest BCUT2D eigenvalue weighted by Gasteiger charge is -2.15. The molecule has 0 fully saturated rings. The molecule has 0 amide bonds. The second kappa shape index (κ2) is 6.94. The highest BCUT2D eigenvalue weighted by atomic mass is 35.5. The van der Waals surface area contributed by atoms with Crippen LogP contribution in [0.3, 0.4) is 0 Å². The van der Waals surface area contributed by atoms with Crippen molar-refractivity contribution in [3.05, 3.63) is 18.2 Å². The summed E-state index contributed by atoms with van der Waals surface area (Å²) in [6, 6.07) is 0. The Labute approximate surface area is 123 Å². The molecule has 9 heteroatoms. The Morgan fingerprint density at radius 2 is 2.00 bits per heavy atom. The predicted molar refractivity (Wildman–Crippen MR) is 75.7 cm³/mol. The van der Waals surface area contributed by atoms with Crippen LogP contribution in [0.15, 0.2) is 12.4 Å². The standard InChI is InChI=1S/C9H12N6.3ClH/c1-14-6-7(4-11-14)9-13-12-8-5-10-2-3-15(8)9;;;/h4,6,10H,2-3,5H2,1H3;3*1H. The largest absolute Gasteiger partial charge is 0.309 e. The molecule has 6 nitrogen and oxygen atoms in total. The number of nitrogens with one attached hydrogen (secondary N) is 1. The fourth-order valence-electron chi connectivity index (χ4n) is 1.84. The van der Waals surface area contributed by atoms with Crippen molar-refractivity contribution in [3.8, 4) is 11.4 Å². The van der Waals surface area contributed by atoms with Crippen LogP contribution >= 0.6 is 37.2 Å². The van der Waals surface area contributed by atoms with Crippen LogP contribution in [0.1, 0.15) is 5.82 Å². The molecule has 1 N–H and O–H groups in total. The molecular weight excluding hydrogens is 299 g/mol. The van der Waals surface area contributed by atoms with Gasteiger partial charge in [0.1, 0.15) is 5.82 Å². The Morgan fingerprint density at radius 1 is 1.22 bits per heavy atom. The Kier molecular flexibility index (Phi) is 6.62. The van der Waals surface area contributed by atoms with E-state index in [4.69, 9.17) is 0 Å². The maximum absolute atomic E-state index is 4.20. The number of rotatable bonds is 1. The first-order valence-electron chi connectivity index (χ1n) is 4.96. The molecule has 0 saturated carbocycles. The maximum Gasteiger partial charge on any atom is 0.167 e. The second-order valence-electron chi connectivity index (χ2n) is 3.67. The summed E-state index contributed by atoms with van der Waals surface area (Å²) in [7, 11) is 1.90. The van der Waals surface area contributed by atoms with Crippen molar-refractivity contribution in [2.24, 2.45) is 7.05 Å². The van der Waals surface area contributed by atoms with Gasteiger partial charge in [-0.3, -0.25) is 4.68 Å². The number of hydrogen-bond donors (Lipinski definition) is 1.